The van der Waals surface area contributed by atoms with Gasteiger partial charge in [-0.25, -0.2) is 0 Å². The van der Waals surface area contributed by atoms with Crippen molar-refractivity contribution >= 4 is 11.6 Å². The lowest BCUT2D eigenvalue weighted by atomic mass is 10.3. The van der Waals surface area contributed by atoms with E-state index >= 15 is 0 Å². The monoisotopic (exact) mass is 196 g/mol. The van der Waals surface area contributed by atoms with Crippen molar-refractivity contribution in [1.82, 2.24) is 10.2 Å². The third-order valence-corrected chi connectivity index (χ3v) is 1.47. The van der Waals surface area contributed by atoms with Gasteiger partial charge in [-0.1, -0.05) is 5.92 Å². The molecule has 0 N–H and O–H groups in total. The number of nitrogens with zero attached hydrogens (tertiary/aromatic N) is 2. The predicted molar refractivity (Wildman–Crippen MR) is 50.8 cm³/mol. The Balaban J connectivity index is 2.65. The molecule has 0 amide bonds. The van der Waals surface area contributed by atoms with E-state index in [0.717, 1.165) is 0 Å². The molecule has 0 bridgehead atoms. The van der Waals surface area contributed by atoms with Crippen LogP contribution in [0.4, 0.5) is 0 Å². The predicted octanol–water partition coefficient (Wildman–Crippen LogP) is 1.47. The number of hydrogen-bond donors (Lipinski definition) is 0. The van der Waals surface area contributed by atoms with Gasteiger partial charge < -0.3 is 4.74 Å². The van der Waals surface area contributed by atoms with Crippen LogP contribution < -0.4 is 4.74 Å². The number of methoxy groups -OCH3 is 1. The van der Waals surface area contributed by atoms with Gasteiger partial charge in [0.05, 0.1) is 7.11 Å². The Morgan fingerprint density at radius 3 is 2.85 bits per heavy atom. The molecule has 0 atom stereocenters. The molecule has 13 heavy (non-hydrogen) atoms. The van der Waals surface area contributed by atoms with E-state index in [1.165, 1.54) is 0 Å². The fourth-order valence-electron chi connectivity index (χ4n) is 0.696. The Bertz CT molecular complexity index is 313. The topological polar surface area (TPSA) is 35.0 Å². The molecule has 1 aromatic rings. The minimum Gasteiger partial charge on any atom is -0.480 e. The second-order valence-electron chi connectivity index (χ2n) is 2.20. The molecule has 0 fully saturated rings. The quantitative estimate of drug-likeness (QED) is 0.531. The first-order valence-electron chi connectivity index (χ1n) is 3.79. The van der Waals surface area contributed by atoms with Crippen molar-refractivity contribution in [1.29, 1.82) is 0 Å². The Hall–Kier alpha value is -1.27. The van der Waals surface area contributed by atoms with E-state index in [1.807, 2.05) is 0 Å². The summed E-state index contributed by atoms with van der Waals surface area (Å²) in [4.78, 5) is 0. The minimum atomic E-state index is 0.489. The molecule has 4 heteroatoms. The van der Waals surface area contributed by atoms with Crippen LogP contribution in [0.25, 0.3) is 0 Å². The fraction of sp³-hybridized carbons (Fsp3) is 0.333. The van der Waals surface area contributed by atoms with Gasteiger partial charge >= 0.3 is 0 Å². The highest BCUT2D eigenvalue weighted by Crippen LogP contribution is 2.02. The van der Waals surface area contributed by atoms with Gasteiger partial charge in [-0.2, -0.15) is 0 Å². The third kappa shape index (κ3) is 3.30. The zero-order valence-electron chi connectivity index (χ0n) is 7.25. The highest BCUT2D eigenvalue weighted by Gasteiger charge is 1.92. The SMILES string of the molecule is COc1ccc(C#CCCCl)nn1. The first-order chi connectivity index (χ1) is 6.36. The van der Waals surface area contributed by atoms with Crippen LogP contribution in [0, 0.1) is 11.8 Å². The lowest BCUT2D eigenvalue weighted by molar-refractivity contribution is 0.391. The summed E-state index contributed by atoms with van der Waals surface area (Å²) in [5, 5.41) is 7.60. The fourth-order valence-corrected chi connectivity index (χ4v) is 0.790. The average Bonchev–Trinajstić information content (AvgIpc) is 2.19. The van der Waals surface area contributed by atoms with E-state index in [4.69, 9.17) is 16.3 Å². The van der Waals surface area contributed by atoms with E-state index in [2.05, 4.69) is 22.0 Å². The van der Waals surface area contributed by atoms with Crippen molar-refractivity contribution in [3.8, 4) is 17.7 Å². The summed E-state index contributed by atoms with van der Waals surface area (Å²) < 4.78 is 4.85. The lowest BCUT2D eigenvalue weighted by Gasteiger charge is -1.94. The van der Waals surface area contributed by atoms with Crippen molar-refractivity contribution in [2.45, 2.75) is 6.42 Å². The molecule has 0 radical (unpaired) electrons. The maximum Gasteiger partial charge on any atom is 0.233 e. The standard InChI is InChI=1S/C9H9ClN2O/c1-13-9-6-5-8(11-12-9)4-2-3-7-10/h5-6H,3,7H2,1H3. The van der Waals surface area contributed by atoms with Gasteiger partial charge in [0.2, 0.25) is 5.88 Å². The lowest BCUT2D eigenvalue weighted by Crippen LogP contribution is -1.91. The van der Waals surface area contributed by atoms with Crippen molar-refractivity contribution in [3.63, 3.8) is 0 Å². The molecule has 68 valence electrons. The summed E-state index contributed by atoms with van der Waals surface area (Å²) in [5.74, 6) is 6.72. The highest BCUT2D eigenvalue weighted by molar-refractivity contribution is 6.18. The minimum absolute atomic E-state index is 0.489. The Labute approximate surface area is 82.1 Å². The van der Waals surface area contributed by atoms with Crippen LogP contribution in [0.5, 0.6) is 5.88 Å². The van der Waals surface area contributed by atoms with Crippen LogP contribution in [0.3, 0.4) is 0 Å². The molecule has 0 saturated carbocycles. The molecule has 0 aliphatic rings. The maximum absolute atomic E-state index is 5.46. The molecular formula is C9H9ClN2O. The molecular weight excluding hydrogens is 188 g/mol. The Morgan fingerprint density at radius 1 is 1.46 bits per heavy atom. The molecule has 0 spiro atoms. The average molecular weight is 197 g/mol. The third-order valence-electron chi connectivity index (χ3n) is 1.29. The maximum atomic E-state index is 5.46. The first kappa shape index (κ1) is 9.82. The number of rotatable bonds is 2. The molecule has 3 nitrogen and oxygen atoms in total. The summed E-state index contributed by atoms with van der Waals surface area (Å²) in [6, 6.07) is 3.48. The Kier molecular flexibility index (Phi) is 4.07. The largest absolute Gasteiger partial charge is 0.480 e. The second kappa shape index (κ2) is 5.39. The van der Waals surface area contributed by atoms with E-state index in [9.17, 15) is 0 Å². The van der Waals surface area contributed by atoms with Crippen molar-refractivity contribution in [2.75, 3.05) is 13.0 Å². The smallest absolute Gasteiger partial charge is 0.233 e. The molecule has 1 aromatic heterocycles. The van der Waals surface area contributed by atoms with Gasteiger partial charge in [-0.15, -0.1) is 21.8 Å². The van der Waals surface area contributed by atoms with Crippen LogP contribution in [0.2, 0.25) is 0 Å². The normalized spacial score (nSPS) is 8.77. The summed E-state index contributed by atoms with van der Waals surface area (Å²) in [6.45, 7) is 0. The van der Waals surface area contributed by atoms with Crippen LogP contribution in [-0.4, -0.2) is 23.2 Å². The van der Waals surface area contributed by atoms with Gasteiger partial charge in [0, 0.05) is 18.4 Å². The van der Waals surface area contributed by atoms with E-state index < -0.39 is 0 Å². The van der Waals surface area contributed by atoms with Gasteiger partial charge in [-0.05, 0) is 12.0 Å². The van der Waals surface area contributed by atoms with Crippen molar-refractivity contribution in [2.24, 2.45) is 0 Å². The number of ether oxygens (including phenoxy) is 1. The number of hydrogen-bond acceptors (Lipinski definition) is 3. The molecule has 1 rings (SSSR count). The zero-order valence-corrected chi connectivity index (χ0v) is 8.01. The molecule has 0 aliphatic carbocycles. The van der Waals surface area contributed by atoms with Crippen molar-refractivity contribution < 1.29 is 4.74 Å². The van der Waals surface area contributed by atoms with E-state index in [0.29, 0.717) is 23.9 Å². The van der Waals surface area contributed by atoms with Gasteiger partial charge in [0.25, 0.3) is 0 Å². The van der Waals surface area contributed by atoms with Gasteiger partial charge in [0.1, 0.15) is 5.69 Å². The van der Waals surface area contributed by atoms with E-state index in [1.54, 1.807) is 19.2 Å². The molecule has 0 unspecified atom stereocenters. The molecule has 0 aromatic carbocycles. The van der Waals surface area contributed by atoms with Crippen LogP contribution >= 0.6 is 11.6 Å². The van der Waals surface area contributed by atoms with Gasteiger partial charge in [-0.3, -0.25) is 0 Å². The number of aromatic nitrogens is 2. The summed E-state index contributed by atoms with van der Waals surface area (Å²) >= 11 is 5.46. The number of halogens is 1. The Morgan fingerprint density at radius 2 is 2.31 bits per heavy atom. The first-order valence-corrected chi connectivity index (χ1v) is 4.33. The van der Waals surface area contributed by atoms with Crippen LogP contribution in [-0.2, 0) is 0 Å². The summed E-state index contributed by atoms with van der Waals surface area (Å²) in [7, 11) is 1.54. The van der Waals surface area contributed by atoms with Crippen LogP contribution in [0.15, 0.2) is 12.1 Å². The molecule has 0 saturated heterocycles. The highest BCUT2D eigenvalue weighted by atomic mass is 35.5. The summed E-state index contributed by atoms with van der Waals surface area (Å²) in [6.07, 6.45) is 0.662. The van der Waals surface area contributed by atoms with E-state index in [-0.39, 0.29) is 0 Å². The second-order valence-corrected chi connectivity index (χ2v) is 2.58. The molecule has 1 heterocycles. The van der Waals surface area contributed by atoms with Crippen molar-refractivity contribution in [3.05, 3.63) is 17.8 Å². The number of alkyl halides is 1. The summed E-state index contributed by atoms with van der Waals surface area (Å²) in [5.41, 5.74) is 0.630. The molecule has 0 aliphatic heterocycles. The van der Waals surface area contributed by atoms with Crippen LogP contribution in [0.1, 0.15) is 12.1 Å². The zero-order chi connectivity index (χ0) is 9.52. The van der Waals surface area contributed by atoms with Gasteiger partial charge in [0.15, 0.2) is 0 Å².